The summed E-state index contributed by atoms with van der Waals surface area (Å²) in [5.74, 6) is -1.30. The number of hydrogen-bond acceptors (Lipinski definition) is 2. The summed E-state index contributed by atoms with van der Waals surface area (Å²) in [6, 6.07) is 13.9. The van der Waals surface area contributed by atoms with Crippen molar-refractivity contribution in [3.8, 4) is 0 Å². The maximum Gasteiger partial charge on any atom is 0.341 e. The van der Waals surface area contributed by atoms with E-state index < -0.39 is 18.0 Å². The molecule has 0 saturated carbocycles. The molecule has 24 heavy (non-hydrogen) atoms. The highest BCUT2D eigenvalue weighted by atomic mass is 19.3. The number of alkyl halides is 2. The topological polar surface area (TPSA) is 59.3 Å². The van der Waals surface area contributed by atoms with Crippen LogP contribution in [-0.2, 0) is 6.54 Å². The number of fused-ring (bicyclic) bond motifs is 1. The lowest BCUT2D eigenvalue weighted by atomic mass is 10.1. The molecule has 4 nitrogen and oxygen atoms in total. The van der Waals surface area contributed by atoms with Crippen LogP contribution in [0.3, 0.4) is 0 Å². The van der Waals surface area contributed by atoms with E-state index >= 15 is 0 Å². The molecule has 0 aliphatic carbocycles. The van der Waals surface area contributed by atoms with Crippen molar-refractivity contribution in [3.05, 3.63) is 81.6 Å². The molecule has 0 aliphatic heterocycles. The molecule has 3 aromatic rings. The summed E-state index contributed by atoms with van der Waals surface area (Å²) in [5.41, 5.74) is 0.173. The lowest BCUT2D eigenvalue weighted by Crippen LogP contribution is -2.27. The quantitative estimate of drug-likeness (QED) is 0.794. The molecule has 0 atom stereocenters. The molecule has 0 fully saturated rings. The second-order valence-electron chi connectivity index (χ2n) is 5.36. The van der Waals surface area contributed by atoms with Crippen LogP contribution in [0.25, 0.3) is 10.9 Å². The van der Waals surface area contributed by atoms with E-state index in [0.29, 0.717) is 16.5 Å². The third-order valence-corrected chi connectivity index (χ3v) is 3.81. The largest absolute Gasteiger partial charge is 0.477 e. The Balaban J connectivity index is 2.12. The predicted octanol–water partition coefficient (Wildman–Crippen LogP) is 3.69. The summed E-state index contributed by atoms with van der Waals surface area (Å²) < 4.78 is 26.6. The normalized spacial score (nSPS) is 11.1. The van der Waals surface area contributed by atoms with Crippen molar-refractivity contribution in [2.24, 2.45) is 0 Å². The number of rotatable bonds is 4. The average molecular weight is 329 g/mol. The predicted molar refractivity (Wildman–Crippen MR) is 85.7 cm³/mol. The number of benzene rings is 2. The Morgan fingerprint density at radius 2 is 1.75 bits per heavy atom. The zero-order valence-electron chi connectivity index (χ0n) is 12.4. The Kier molecular flexibility index (Phi) is 4.12. The molecule has 1 heterocycles. The maximum absolute atomic E-state index is 12.6. The van der Waals surface area contributed by atoms with Gasteiger partial charge >= 0.3 is 5.97 Å². The smallest absolute Gasteiger partial charge is 0.341 e. The minimum absolute atomic E-state index is 0.101. The van der Waals surface area contributed by atoms with Crippen molar-refractivity contribution in [3.63, 3.8) is 0 Å². The molecular weight excluding hydrogens is 316 g/mol. The van der Waals surface area contributed by atoms with E-state index in [0.717, 1.165) is 0 Å². The number of aromatic carboxylic acids is 1. The number of aromatic nitrogens is 1. The third kappa shape index (κ3) is 2.90. The van der Waals surface area contributed by atoms with Crippen molar-refractivity contribution in [1.82, 2.24) is 4.57 Å². The van der Waals surface area contributed by atoms with Crippen molar-refractivity contribution in [2.45, 2.75) is 13.0 Å². The summed E-state index contributed by atoms with van der Waals surface area (Å²) >= 11 is 0. The van der Waals surface area contributed by atoms with Gasteiger partial charge in [-0.2, -0.15) is 0 Å². The summed E-state index contributed by atoms with van der Waals surface area (Å²) in [5, 5.41) is 9.84. The SMILES string of the molecule is O=C(O)c1cc2ccccc2n(Cc2ccc(C(F)F)cc2)c1=O. The van der Waals surface area contributed by atoms with E-state index in [4.69, 9.17) is 0 Å². The number of halogens is 2. The highest BCUT2D eigenvalue weighted by molar-refractivity contribution is 5.92. The molecule has 1 N–H and O–H groups in total. The van der Waals surface area contributed by atoms with Crippen molar-refractivity contribution < 1.29 is 18.7 Å². The van der Waals surface area contributed by atoms with Crippen molar-refractivity contribution >= 4 is 16.9 Å². The Bertz CT molecular complexity index is 962. The van der Waals surface area contributed by atoms with Crippen LogP contribution in [0.15, 0.2) is 59.4 Å². The Morgan fingerprint density at radius 1 is 1.08 bits per heavy atom. The first-order valence-electron chi connectivity index (χ1n) is 7.20. The number of carbonyl (C=O) groups is 1. The van der Waals surface area contributed by atoms with Gasteiger partial charge in [-0.1, -0.05) is 42.5 Å². The number of para-hydroxylation sites is 1. The Hall–Kier alpha value is -3.02. The van der Waals surface area contributed by atoms with Crippen LogP contribution in [0.4, 0.5) is 8.78 Å². The van der Waals surface area contributed by atoms with Gasteiger partial charge in [0, 0.05) is 5.56 Å². The average Bonchev–Trinajstić information content (AvgIpc) is 2.57. The number of hydrogen-bond donors (Lipinski definition) is 1. The molecule has 0 bridgehead atoms. The van der Waals surface area contributed by atoms with Gasteiger partial charge in [-0.3, -0.25) is 4.79 Å². The summed E-state index contributed by atoms with van der Waals surface area (Å²) in [7, 11) is 0. The van der Waals surface area contributed by atoms with Crippen LogP contribution in [-0.4, -0.2) is 15.6 Å². The highest BCUT2D eigenvalue weighted by Gasteiger charge is 2.15. The molecule has 3 rings (SSSR count). The van der Waals surface area contributed by atoms with Gasteiger partial charge in [-0.15, -0.1) is 0 Å². The van der Waals surface area contributed by atoms with Gasteiger partial charge in [0.2, 0.25) is 0 Å². The fraction of sp³-hybridized carbons (Fsp3) is 0.111. The lowest BCUT2D eigenvalue weighted by Gasteiger charge is -2.12. The van der Waals surface area contributed by atoms with Gasteiger partial charge < -0.3 is 9.67 Å². The molecule has 0 spiro atoms. The molecule has 0 saturated heterocycles. The van der Waals surface area contributed by atoms with Crippen LogP contribution in [0, 0.1) is 0 Å². The fourth-order valence-corrected chi connectivity index (χ4v) is 2.59. The number of carboxylic acid groups (broad SMARTS) is 1. The maximum atomic E-state index is 12.6. The Labute approximate surface area is 135 Å². The van der Waals surface area contributed by atoms with Crippen LogP contribution >= 0.6 is 0 Å². The second-order valence-corrected chi connectivity index (χ2v) is 5.36. The lowest BCUT2D eigenvalue weighted by molar-refractivity contribution is 0.0694. The van der Waals surface area contributed by atoms with E-state index in [-0.39, 0.29) is 17.7 Å². The van der Waals surface area contributed by atoms with Gasteiger partial charge in [-0.05, 0) is 23.1 Å². The zero-order valence-corrected chi connectivity index (χ0v) is 12.4. The molecule has 0 radical (unpaired) electrons. The van der Waals surface area contributed by atoms with Gasteiger partial charge in [0.25, 0.3) is 12.0 Å². The fourth-order valence-electron chi connectivity index (χ4n) is 2.59. The molecule has 1 aromatic heterocycles. The summed E-state index contributed by atoms with van der Waals surface area (Å²) in [6.45, 7) is 0.101. The summed E-state index contributed by atoms with van der Waals surface area (Å²) in [4.78, 5) is 23.8. The molecule has 0 unspecified atom stereocenters. The van der Waals surface area contributed by atoms with E-state index in [9.17, 15) is 23.5 Å². The minimum atomic E-state index is -2.56. The highest BCUT2D eigenvalue weighted by Crippen LogP contribution is 2.20. The van der Waals surface area contributed by atoms with E-state index in [1.165, 1.54) is 34.9 Å². The van der Waals surface area contributed by atoms with E-state index in [1.54, 1.807) is 24.3 Å². The molecule has 0 amide bonds. The Morgan fingerprint density at radius 3 is 2.38 bits per heavy atom. The van der Waals surface area contributed by atoms with Crippen LogP contribution in [0.1, 0.15) is 27.9 Å². The number of pyridine rings is 1. The van der Waals surface area contributed by atoms with Crippen LogP contribution in [0.2, 0.25) is 0 Å². The molecule has 6 heteroatoms. The number of nitrogens with zero attached hydrogens (tertiary/aromatic N) is 1. The van der Waals surface area contributed by atoms with Crippen LogP contribution < -0.4 is 5.56 Å². The van der Waals surface area contributed by atoms with Gasteiger partial charge in [0.15, 0.2) is 0 Å². The standard InChI is InChI=1S/C18H13F2NO3/c19-16(20)12-7-5-11(6-8-12)10-21-15-4-2-1-3-13(15)9-14(17(21)22)18(23)24/h1-9,16H,10H2,(H,23,24). The molecule has 122 valence electrons. The van der Waals surface area contributed by atoms with Gasteiger partial charge in [-0.25, -0.2) is 13.6 Å². The summed E-state index contributed by atoms with van der Waals surface area (Å²) in [6.07, 6.45) is -2.56. The monoisotopic (exact) mass is 329 g/mol. The first kappa shape index (κ1) is 15.9. The third-order valence-electron chi connectivity index (χ3n) is 3.81. The van der Waals surface area contributed by atoms with Gasteiger partial charge in [0.05, 0.1) is 12.1 Å². The van der Waals surface area contributed by atoms with Crippen molar-refractivity contribution in [1.29, 1.82) is 0 Å². The molecule has 0 aliphatic rings. The molecule has 2 aromatic carbocycles. The second kappa shape index (κ2) is 6.23. The number of carboxylic acids is 1. The van der Waals surface area contributed by atoms with Gasteiger partial charge in [0.1, 0.15) is 5.56 Å². The minimum Gasteiger partial charge on any atom is -0.477 e. The van der Waals surface area contributed by atoms with E-state index in [1.807, 2.05) is 0 Å². The molecular formula is C18H13F2NO3. The van der Waals surface area contributed by atoms with E-state index in [2.05, 4.69) is 0 Å². The zero-order chi connectivity index (χ0) is 17.3. The van der Waals surface area contributed by atoms with Crippen molar-refractivity contribution in [2.75, 3.05) is 0 Å². The first-order valence-corrected chi connectivity index (χ1v) is 7.20. The first-order chi connectivity index (χ1) is 11.5. The van der Waals surface area contributed by atoms with Crippen LogP contribution in [0.5, 0.6) is 0 Å².